The molecule has 0 aliphatic carbocycles. The minimum Gasteiger partial charge on any atom is -0.495 e. The largest absolute Gasteiger partial charge is 0.495 e. The zero-order valence-electron chi connectivity index (χ0n) is 21.6. The molecular formula is C27H33N3O4S. The second-order valence-electron chi connectivity index (χ2n) is 9.84. The van der Waals surface area contributed by atoms with Crippen molar-refractivity contribution >= 4 is 32.1 Å². The molecule has 4 aromatic rings. The Bertz CT molecular complexity index is 1490. The van der Waals surface area contributed by atoms with Crippen LogP contribution in [0.3, 0.4) is 0 Å². The van der Waals surface area contributed by atoms with E-state index in [0.29, 0.717) is 28.1 Å². The number of aryl methyl sites for hydroxylation is 1. The lowest BCUT2D eigenvalue weighted by atomic mass is 9.89. The van der Waals surface area contributed by atoms with Crippen LogP contribution in [0.25, 0.3) is 21.9 Å². The predicted molar refractivity (Wildman–Crippen MR) is 139 cm³/mol. The van der Waals surface area contributed by atoms with E-state index in [-0.39, 0.29) is 28.5 Å². The maximum absolute atomic E-state index is 13.9. The van der Waals surface area contributed by atoms with E-state index in [2.05, 4.69) is 28.8 Å². The van der Waals surface area contributed by atoms with Crippen molar-refractivity contribution in [3.8, 4) is 11.6 Å². The molecule has 0 atom stereocenters. The van der Waals surface area contributed by atoms with Gasteiger partial charge in [-0.2, -0.15) is 13.4 Å². The van der Waals surface area contributed by atoms with Crippen molar-refractivity contribution < 1.29 is 17.3 Å². The maximum atomic E-state index is 13.9. The van der Waals surface area contributed by atoms with Crippen molar-refractivity contribution in [3.63, 3.8) is 0 Å². The number of nitrogens with one attached hydrogen (secondary N) is 1. The number of para-hydroxylation sites is 1. The number of rotatable bonds is 7. The highest BCUT2D eigenvalue weighted by atomic mass is 32.2. The van der Waals surface area contributed by atoms with Gasteiger partial charge in [-0.3, -0.25) is 0 Å². The van der Waals surface area contributed by atoms with Gasteiger partial charge in [0, 0.05) is 5.39 Å². The lowest BCUT2D eigenvalue weighted by Crippen LogP contribution is -2.18. The Labute approximate surface area is 207 Å². The SMILES string of the molecule is COc1cccc2c1[nH]c1c(OS(=O)(=O)c3c(C(C)C)cc(C(C)C)cc3C(C)C)nc(C)nc12. The minimum atomic E-state index is -4.21. The quantitative estimate of drug-likeness (QED) is 0.292. The highest BCUT2D eigenvalue weighted by molar-refractivity contribution is 7.87. The monoisotopic (exact) mass is 495 g/mol. The molecule has 2 heterocycles. The van der Waals surface area contributed by atoms with Crippen molar-refractivity contribution in [2.24, 2.45) is 0 Å². The summed E-state index contributed by atoms with van der Waals surface area (Å²) in [4.78, 5) is 12.4. The maximum Gasteiger partial charge on any atom is 0.341 e. The van der Waals surface area contributed by atoms with Crippen LogP contribution in [-0.4, -0.2) is 30.5 Å². The molecule has 0 aliphatic heterocycles. The van der Waals surface area contributed by atoms with E-state index >= 15 is 0 Å². The Morgan fingerprint density at radius 3 is 2.06 bits per heavy atom. The summed E-state index contributed by atoms with van der Waals surface area (Å²) in [6, 6.07) is 9.58. The smallest absolute Gasteiger partial charge is 0.341 e. The van der Waals surface area contributed by atoms with Crippen LogP contribution in [0.5, 0.6) is 11.6 Å². The molecule has 2 aromatic carbocycles. The molecule has 0 saturated carbocycles. The van der Waals surface area contributed by atoms with E-state index in [1.807, 2.05) is 58.0 Å². The fourth-order valence-corrected chi connectivity index (χ4v) is 5.97. The van der Waals surface area contributed by atoms with Crippen LogP contribution in [0, 0.1) is 6.92 Å². The molecule has 1 N–H and O–H groups in total. The number of benzene rings is 2. The number of aromatic amines is 1. The van der Waals surface area contributed by atoms with Gasteiger partial charge in [0.2, 0.25) is 0 Å². The average Bonchev–Trinajstić information content (AvgIpc) is 3.16. The molecule has 0 bridgehead atoms. The summed E-state index contributed by atoms with van der Waals surface area (Å²) in [5, 5.41) is 0.805. The summed E-state index contributed by atoms with van der Waals surface area (Å²) in [6.45, 7) is 13.9. The van der Waals surface area contributed by atoms with Gasteiger partial charge in [-0.05, 0) is 47.4 Å². The molecular weight excluding hydrogens is 462 g/mol. The first-order chi connectivity index (χ1) is 16.4. The van der Waals surface area contributed by atoms with Gasteiger partial charge in [0.05, 0.1) is 12.6 Å². The highest BCUT2D eigenvalue weighted by Crippen LogP contribution is 2.38. The average molecular weight is 496 g/mol. The first kappa shape index (κ1) is 25.0. The van der Waals surface area contributed by atoms with Crippen LogP contribution in [0.1, 0.15) is 81.8 Å². The van der Waals surface area contributed by atoms with Crippen LogP contribution < -0.4 is 8.92 Å². The van der Waals surface area contributed by atoms with E-state index in [1.165, 1.54) is 0 Å². The highest BCUT2D eigenvalue weighted by Gasteiger charge is 2.30. The van der Waals surface area contributed by atoms with Crippen LogP contribution in [0.15, 0.2) is 35.2 Å². The normalized spacial score (nSPS) is 12.4. The van der Waals surface area contributed by atoms with E-state index in [4.69, 9.17) is 8.92 Å². The van der Waals surface area contributed by atoms with Gasteiger partial charge < -0.3 is 13.9 Å². The lowest BCUT2D eigenvalue weighted by molar-refractivity contribution is 0.419. The van der Waals surface area contributed by atoms with E-state index < -0.39 is 10.1 Å². The molecule has 0 aliphatic rings. The molecule has 0 spiro atoms. The molecule has 8 heteroatoms. The summed E-state index contributed by atoms with van der Waals surface area (Å²) in [6.07, 6.45) is 0. The van der Waals surface area contributed by atoms with Crippen molar-refractivity contribution in [1.82, 2.24) is 15.0 Å². The van der Waals surface area contributed by atoms with Gasteiger partial charge in [-0.25, -0.2) is 4.98 Å². The topological polar surface area (TPSA) is 94.2 Å². The van der Waals surface area contributed by atoms with Crippen LogP contribution in [-0.2, 0) is 10.1 Å². The zero-order valence-corrected chi connectivity index (χ0v) is 22.4. The van der Waals surface area contributed by atoms with Crippen LogP contribution in [0.2, 0.25) is 0 Å². The van der Waals surface area contributed by atoms with Gasteiger partial charge in [0.25, 0.3) is 5.88 Å². The number of fused-ring (bicyclic) bond motifs is 3. The molecule has 4 rings (SSSR count). The third kappa shape index (κ3) is 4.47. The summed E-state index contributed by atoms with van der Waals surface area (Å²) in [7, 11) is -2.63. The van der Waals surface area contributed by atoms with Crippen molar-refractivity contribution in [3.05, 3.63) is 52.8 Å². The molecule has 186 valence electrons. The second-order valence-corrected chi connectivity index (χ2v) is 11.3. The molecule has 7 nitrogen and oxygen atoms in total. The molecule has 0 fully saturated rings. The summed E-state index contributed by atoms with van der Waals surface area (Å²) in [5.41, 5.74) is 4.31. The first-order valence-electron chi connectivity index (χ1n) is 11.9. The third-order valence-electron chi connectivity index (χ3n) is 6.26. The molecule has 2 aromatic heterocycles. The number of methoxy groups -OCH3 is 1. The fraction of sp³-hybridized carbons (Fsp3) is 0.407. The number of aromatic nitrogens is 3. The Balaban J connectivity index is 1.96. The molecule has 0 amide bonds. The third-order valence-corrected chi connectivity index (χ3v) is 7.61. The minimum absolute atomic E-state index is 0.0101. The Kier molecular flexibility index (Phi) is 6.53. The number of nitrogens with zero attached hydrogens (tertiary/aromatic N) is 2. The van der Waals surface area contributed by atoms with Crippen molar-refractivity contribution in [2.75, 3.05) is 7.11 Å². The first-order valence-corrected chi connectivity index (χ1v) is 13.3. The lowest BCUT2D eigenvalue weighted by Gasteiger charge is -2.22. The zero-order chi connectivity index (χ0) is 25.7. The van der Waals surface area contributed by atoms with E-state index in [0.717, 1.165) is 22.1 Å². The number of hydrogen-bond donors (Lipinski definition) is 1. The van der Waals surface area contributed by atoms with Gasteiger partial charge in [0.1, 0.15) is 27.5 Å². The number of H-pyrrole nitrogens is 1. The van der Waals surface area contributed by atoms with Crippen LogP contribution >= 0.6 is 0 Å². The van der Waals surface area contributed by atoms with Crippen molar-refractivity contribution in [2.45, 2.75) is 71.1 Å². The molecule has 35 heavy (non-hydrogen) atoms. The number of ether oxygens (including phenoxy) is 1. The Morgan fingerprint density at radius 2 is 1.51 bits per heavy atom. The predicted octanol–water partition coefficient (Wildman–Crippen LogP) is 6.57. The van der Waals surface area contributed by atoms with Crippen molar-refractivity contribution in [1.29, 1.82) is 0 Å². The van der Waals surface area contributed by atoms with Gasteiger partial charge in [-0.15, -0.1) is 0 Å². The molecule has 0 radical (unpaired) electrons. The van der Waals surface area contributed by atoms with Gasteiger partial charge in [0.15, 0.2) is 0 Å². The Hall–Kier alpha value is -3.13. The molecule has 0 saturated heterocycles. The van der Waals surface area contributed by atoms with E-state index in [9.17, 15) is 8.42 Å². The summed E-state index contributed by atoms with van der Waals surface area (Å²) in [5.74, 6) is 1.26. The van der Waals surface area contributed by atoms with Gasteiger partial charge >= 0.3 is 10.1 Å². The van der Waals surface area contributed by atoms with Gasteiger partial charge in [-0.1, -0.05) is 65.8 Å². The number of hydrogen-bond acceptors (Lipinski definition) is 6. The Morgan fingerprint density at radius 1 is 0.886 bits per heavy atom. The standard InChI is InChI=1S/C27H33N3O4S/c1-14(2)18-12-20(15(3)4)26(21(13-18)16(5)6)35(31,32)34-27-25-24(28-17(7)29-27)19-10-9-11-22(33-8)23(19)30-25/h9-16,30H,1-8H3. The fourth-order valence-electron chi connectivity index (χ4n) is 4.39. The van der Waals surface area contributed by atoms with E-state index in [1.54, 1.807) is 14.0 Å². The summed E-state index contributed by atoms with van der Waals surface area (Å²) < 4.78 is 39.1. The van der Waals surface area contributed by atoms with Crippen LogP contribution in [0.4, 0.5) is 0 Å². The molecule has 0 unspecified atom stereocenters. The summed E-state index contributed by atoms with van der Waals surface area (Å²) >= 11 is 0. The second kappa shape index (κ2) is 9.15.